The van der Waals surface area contributed by atoms with E-state index in [9.17, 15) is 13.2 Å². The van der Waals surface area contributed by atoms with E-state index in [1.54, 1.807) is 35.2 Å². The minimum Gasteiger partial charge on any atom is -0.339 e. The lowest BCUT2D eigenvalue weighted by Crippen LogP contribution is -2.50. The van der Waals surface area contributed by atoms with Gasteiger partial charge in [-0.2, -0.15) is 4.31 Å². The summed E-state index contributed by atoms with van der Waals surface area (Å²) in [7, 11) is -3.51. The number of amides is 1. The van der Waals surface area contributed by atoms with Crippen molar-refractivity contribution >= 4 is 27.7 Å². The van der Waals surface area contributed by atoms with Crippen LogP contribution in [0, 0.1) is 6.92 Å². The smallest absolute Gasteiger partial charge is 0.243 e. The molecule has 0 spiro atoms. The van der Waals surface area contributed by atoms with Crippen LogP contribution in [0.5, 0.6) is 0 Å². The molecule has 0 radical (unpaired) electrons. The molecule has 1 aliphatic carbocycles. The average molecular weight is 464 g/mol. The maximum atomic E-state index is 12.8. The summed E-state index contributed by atoms with van der Waals surface area (Å²) in [4.78, 5) is 14.8. The molecule has 10 heteroatoms. The Morgan fingerprint density at radius 1 is 1.03 bits per heavy atom. The zero-order valence-corrected chi connectivity index (χ0v) is 19.4. The van der Waals surface area contributed by atoms with Crippen LogP contribution >= 0.6 is 11.8 Å². The third-order valence-corrected chi connectivity index (χ3v) is 8.91. The highest BCUT2D eigenvalue weighted by Gasteiger charge is 2.30. The van der Waals surface area contributed by atoms with Crippen molar-refractivity contribution in [3.8, 4) is 0 Å². The summed E-state index contributed by atoms with van der Waals surface area (Å²) in [5.41, 5.74) is 0. The van der Waals surface area contributed by atoms with Gasteiger partial charge in [0.15, 0.2) is 5.16 Å². The minimum atomic E-state index is -3.51. The summed E-state index contributed by atoms with van der Waals surface area (Å²) in [6.07, 6.45) is 6.00. The van der Waals surface area contributed by atoms with E-state index >= 15 is 0 Å². The standard InChI is InChI=1S/C21H29N5O3S2/c1-17-22-23-21(26(17)18-8-4-2-5-9-18)30-16-20(27)24-12-14-25(15-13-24)31(28,29)19-10-6-3-7-11-19/h3,6-7,10-11,18H,2,4-5,8-9,12-16H2,1H3. The molecule has 8 nitrogen and oxygen atoms in total. The number of piperazine rings is 1. The minimum absolute atomic E-state index is 0.0117. The van der Waals surface area contributed by atoms with Crippen molar-refractivity contribution in [3.05, 3.63) is 36.2 Å². The van der Waals surface area contributed by atoms with Gasteiger partial charge in [0.2, 0.25) is 15.9 Å². The molecule has 1 saturated carbocycles. The van der Waals surface area contributed by atoms with E-state index in [0.29, 0.717) is 37.1 Å². The van der Waals surface area contributed by atoms with Crippen LogP contribution in [0.2, 0.25) is 0 Å². The summed E-state index contributed by atoms with van der Waals surface area (Å²) in [6, 6.07) is 8.87. The van der Waals surface area contributed by atoms with Crippen LogP contribution in [0.4, 0.5) is 0 Å². The molecule has 1 aromatic carbocycles. The van der Waals surface area contributed by atoms with Gasteiger partial charge in [-0.3, -0.25) is 4.79 Å². The van der Waals surface area contributed by atoms with Crippen LogP contribution < -0.4 is 0 Å². The first-order valence-corrected chi connectivity index (χ1v) is 13.3. The molecule has 1 amide bonds. The van der Waals surface area contributed by atoms with Crippen molar-refractivity contribution in [2.24, 2.45) is 0 Å². The fourth-order valence-corrected chi connectivity index (χ4v) is 6.74. The lowest BCUT2D eigenvalue weighted by Gasteiger charge is -2.34. The number of hydrogen-bond acceptors (Lipinski definition) is 6. The molecule has 0 N–H and O–H groups in total. The summed E-state index contributed by atoms with van der Waals surface area (Å²) in [5.74, 6) is 1.20. The van der Waals surface area contributed by atoms with Gasteiger partial charge in [-0.25, -0.2) is 8.42 Å². The second-order valence-electron chi connectivity index (χ2n) is 8.08. The number of aromatic nitrogens is 3. The van der Waals surface area contributed by atoms with E-state index in [0.717, 1.165) is 23.8 Å². The number of carbonyl (C=O) groups is 1. The number of carbonyl (C=O) groups excluding carboxylic acids is 1. The Morgan fingerprint density at radius 2 is 1.71 bits per heavy atom. The molecule has 1 aliphatic heterocycles. The Balaban J connectivity index is 1.32. The van der Waals surface area contributed by atoms with Crippen molar-refractivity contribution in [2.45, 2.75) is 55.1 Å². The summed E-state index contributed by atoms with van der Waals surface area (Å²) < 4.78 is 29.2. The van der Waals surface area contributed by atoms with Crippen LogP contribution in [0.15, 0.2) is 40.4 Å². The molecule has 2 aliphatic rings. The van der Waals surface area contributed by atoms with Crippen LogP contribution in [0.3, 0.4) is 0 Å². The summed E-state index contributed by atoms with van der Waals surface area (Å²) in [6.45, 7) is 3.40. The number of rotatable bonds is 6. The molecule has 0 atom stereocenters. The second kappa shape index (κ2) is 9.70. The van der Waals surface area contributed by atoms with Crippen molar-refractivity contribution in [2.75, 3.05) is 31.9 Å². The number of aryl methyl sites for hydroxylation is 1. The van der Waals surface area contributed by atoms with Gasteiger partial charge < -0.3 is 9.47 Å². The largest absolute Gasteiger partial charge is 0.339 e. The topological polar surface area (TPSA) is 88.4 Å². The number of nitrogens with zero attached hydrogens (tertiary/aromatic N) is 5. The number of benzene rings is 1. The quantitative estimate of drug-likeness (QED) is 0.612. The van der Waals surface area contributed by atoms with Crippen LogP contribution in [-0.4, -0.2) is 70.2 Å². The van der Waals surface area contributed by atoms with Gasteiger partial charge in [0, 0.05) is 32.2 Å². The molecule has 0 unspecified atom stereocenters. The molecule has 1 aromatic heterocycles. The molecule has 4 rings (SSSR count). The average Bonchev–Trinajstić information content (AvgIpc) is 3.19. The van der Waals surface area contributed by atoms with Crippen LogP contribution in [0.25, 0.3) is 0 Å². The number of sulfonamides is 1. The first kappa shape index (κ1) is 22.3. The third-order valence-electron chi connectivity index (χ3n) is 6.07. The first-order chi connectivity index (χ1) is 15.0. The van der Waals surface area contributed by atoms with Crippen LogP contribution in [-0.2, 0) is 14.8 Å². The van der Waals surface area contributed by atoms with E-state index in [2.05, 4.69) is 14.8 Å². The van der Waals surface area contributed by atoms with E-state index in [1.165, 1.54) is 35.3 Å². The van der Waals surface area contributed by atoms with E-state index in [4.69, 9.17) is 0 Å². The van der Waals surface area contributed by atoms with Gasteiger partial charge in [-0.05, 0) is 31.9 Å². The van der Waals surface area contributed by atoms with Crippen LogP contribution in [0.1, 0.15) is 44.0 Å². The molecule has 2 aromatic rings. The molecular weight excluding hydrogens is 434 g/mol. The monoisotopic (exact) mass is 463 g/mol. The summed E-state index contributed by atoms with van der Waals surface area (Å²) >= 11 is 1.43. The Kier molecular flexibility index (Phi) is 6.98. The molecule has 1 saturated heterocycles. The molecule has 0 bridgehead atoms. The fraction of sp³-hybridized carbons (Fsp3) is 0.571. The van der Waals surface area contributed by atoms with Gasteiger partial charge in [-0.15, -0.1) is 10.2 Å². The van der Waals surface area contributed by atoms with Gasteiger partial charge >= 0.3 is 0 Å². The predicted molar refractivity (Wildman–Crippen MR) is 119 cm³/mol. The fourth-order valence-electron chi connectivity index (χ4n) is 4.34. The molecule has 31 heavy (non-hydrogen) atoms. The van der Waals surface area contributed by atoms with E-state index in [1.807, 2.05) is 6.92 Å². The summed E-state index contributed by atoms with van der Waals surface area (Å²) in [5, 5.41) is 9.35. The zero-order valence-electron chi connectivity index (χ0n) is 17.8. The zero-order chi connectivity index (χ0) is 21.8. The van der Waals surface area contributed by atoms with Gasteiger partial charge in [0.25, 0.3) is 0 Å². The highest BCUT2D eigenvalue weighted by atomic mass is 32.2. The Hall–Kier alpha value is -1.91. The van der Waals surface area contributed by atoms with Crippen molar-refractivity contribution in [3.63, 3.8) is 0 Å². The number of thioether (sulfide) groups is 1. The second-order valence-corrected chi connectivity index (χ2v) is 11.0. The van der Waals surface area contributed by atoms with Gasteiger partial charge in [0.05, 0.1) is 10.6 Å². The highest BCUT2D eigenvalue weighted by Crippen LogP contribution is 2.32. The van der Waals surface area contributed by atoms with E-state index < -0.39 is 10.0 Å². The lowest BCUT2D eigenvalue weighted by atomic mass is 9.95. The predicted octanol–water partition coefficient (Wildman–Crippen LogP) is 2.72. The molecule has 2 fully saturated rings. The van der Waals surface area contributed by atoms with E-state index in [-0.39, 0.29) is 11.7 Å². The third kappa shape index (κ3) is 4.96. The van der Waals surface area contributed by atoms with Crippen molar-refractivity contribution in [1.29, 1.82) is 0 Å². The Labute approximate surface area is 188 Å². The highest BCUT2D eigenvalue weighted by molar-refractivity contribution is 7.99. The molecule has 168 valence electrons. The maximum absolute atomic E-state index is 12.8. The van der Waals surface area contributed by atoms with Gasteiger partial charge in [0.1, 0.15) is 5.82 Å². The Morgan fingerprint density at radius 3 is 2.39 bits per heavy atom. The Bertz CT molecular complexity index is 995. The molecular formula is C21H29N5O3S2. The maximum Gasteiger partial charge on any atom is 0.243 e. The first-order valence-electron chi connectivity index (χ1n) is 10.8. The van der Waals surface area contributed by atoms with Crippen molar-refractivity contribution in [1.82, 2.24) is 24.0 Å². The SMILES string of the molecule is Cc1nnc(SCC(=O)N2CCN(S(=O)(=O)c3ccccc3)CC2)n1C1CCCCC1. The number of hydrogen-bond donors (Lipinski definition) is 0. The van der Waals surface area contributed by atoms with Gasteiger partial charge in [-0.1, -0.05) is 49.2 Å². The normalized spacial score (nSPS) is 18.9. The van der Waals surface area contributed by atoms with Crippen molar-refractivity contribution < 1.29 is 13.2 Å². The lowest BCUT2D eigenvalue weighted by molar-refractivity contribution is -0.129. The molecule has 2 heterocycles.